The molecule has 0 radical (unpaired) electrons. The number of unbranched alkanes of at least 4 members (excludes halogenated alkanes) is 1. The lowest BCUT2D eigenvalue weighted by Gasteiger charge is -2.20. The molecule has 1 N–H and O–H groups in total. The van der Waals surface area contributed by atoms with E-state index in [2.05, 4.69) is 52.0 Å². The highest BCUT2D eigenvalue weighted by Crippen LogP contribution is 2.07. The van der Waals surface area contributed by atoms with Gasteiger partial charge in [0.25, 0.3) is 5.91 Å². The van der Waals surface area contributed by atoms with Gasteiger partial charge in [0.1, 0.15) is 4.60 Å². The van der Waals surface area contributed by atoms with Crippen molar-refractivity contribution in [1.29, 1.82) is 0 Å². The molecule has 1 rings (SSSR count). The van der Waals surface area contributed by atoms with E-state index in [1.54, 1.807) is 18.3 Å². The summed E-state index contributed by atoms with van der Waals surface area (Å²) in [5.41, 5.74) is 0.640. The van der Waals surface area contributed by atoms with Crippen molar-refractivity contribution in [2.75, 3.05) is 20.1 Å². The highest BCUT2D eigenvalue weighted by Gasteiger charge is 2.06. The minimum absolute atomic E-state index is 0.0414. The Morgan fingerprint density at radius 1 is 1.47 bits per heavy atom. The van der Waals surface area contributed by atoms with Crippen LogP contribution in [0.3, 0.4) is 0 Å². The fourth-order valence-electron chi connectivity index (χ4n) is 1.59. The average Bonchev–Trinajstić information content (AvgIpc) is 2.37. The highest BCUT2D eigenvalue weighted by atomic mass is 79.9. The first kappa shape index (κ1) is 16.1. The Kier molecular flexibility index (Phi) is 7.02. The maximum atomic E-state index is 11.8. The van der Waals surface area contributed by atoms with Gasteiger partial charge in [0.15, 0.2) is 0 Å². The van der Waals surface area contributed by atoms with E-state index in [0.29, 0.717) is 22.8 Å². The second-order valence-corrected chi connectivity index (χ2v) is 5.72. The molecule has 0 unspecified atom stereocenters. The van der Waals surface area contributed by atoms with Crippen molar-refractivity contribution in [2.24, 2.45) is 0 Å². The number of hydrogen-bond acceptors (Lipinski definition) is 3. The Balaban J connectivity index is 2.21. The van der Waals surface area contributed by atoms with Crippen molar-refractivity contribution in [3.05, 3.63) is 28.5 Å². The lowest BCUT2D eigenvalue weighted by Crippen LogP contribution is -2.29. The molecule has 0 aromatic carbocycles. The Morgan fingerprint density at radius 2 is 2.21 bits per heavy atom. The molecule has 106 valence electrons. The Hall–Kier alpha value is -0.940. The molecule has 0 atom stereocenters. The van der Waals surface area contributed by atoms with E-state index in [4.69, 9.17) is 0 Å². The average molecular weight is 328 g/mol. The second kappa shape index (κ2) is 8.27. The number of aromatic nitrogens is 1. The van der Waals surface area contributed by atoms with Gasteiger partial charge in [-0.2, -0.15) is 0 Å². The van der Waals surface area contributed by atoms with Crippen LogP contribution < -0.4 is 5.32 Å². The van der Waals surface area contributed by atoms with Crippen LogP contribution in [0.5, 0.6) is 0 Å². The van der Waals surface area contributed by atoms with Crippen LogP contribution in [0.4, 0.5) is 0 Å². The molecule has 0 spiro atoms. The molecule has 0 fully saturated rings. The van der Waals surface area contributed by atoms with Crippen LogP contribution in [-0.2, 0) is 0 Å². The molecule has 1 aromatic heterocycles. The third-order valence-electron chi connectivity index (χ3n) is 3.09. The molecule has 19 heavy (non-hydrogen) atoms. The second-order valence-electron chi connectivity index (χ2n) is 4.90. The summed E-state index contributed by atoms with van der Waals surface area (Å²) in [5, 5.41) is 2.92. The molecule has 1 amide bonds. The first-order chi connectivity index (χ1) is 9.00. The first-order valence-electron chi connectivity index (χ1n) is 6.60. The van der Waals surface area contributed by atoms with Gasteiger partial charge in [0.2, 0.25) is 0 Å². The van der Waals surface area contributed by atoms with Crippen LogP contribution in [0.2, 0.25) is 0 Å². The highest BCUT2D eigenvalue weighted by molar-refractivity contribution is 9.10. The summed E-state index contributed by atoms with van der Waals surface area (Å²) in [6.07, 6.45) is 3.71. The van der Waals surface area contributed by atoms with E-state index in [0.717, 1.165) is 19.4 Å². The largest absolute Gasteiger partial charge is 0.352 e. The van der Waals surface area contributed by atoms with Gasteiger partial charge in [0, 0.05) is 24.3 Å². The molecular weight excluding hydrogens is 306 g/mol. The zero-order chi connectivity index (χ0) is 14.3. The van der Waals surface area contributed by atoms with E-state index in [1.165, 1.54) is 0 Å². The van der Waals surface area contributed by atoms with Gasteiger partial charge >= 0.3 is 0 Å². The third-order valence-corrected chi connectivity index (χ3v) is 3.53. The molecule has 1 aromatic rings. The van der Waals surface area contributed by atoms with Crippen LogP contribution in [0.15, 0.2) is 22.9 Å². The zero-order valence-corrected chi connectivity index (χ0v) is 13.4. The van der Waals surface area contributed by atoms with Gasteiger partial charge in [-0.15, -0.1) is 0 Å². The standard InChI is InChI=1S/C14H22BrN3O/c1-11(2)18(3)9-5-4-7-17-14(19)12-6-8-16-13(15)10-12/h6,8,10-11H,4-5,7,9H2,1-3H3,(H,17,19). The van der Waals surface area contributed by atoms with Crippen LogP contribution >= 0.6 is 15.9 Å². The molecule has 0 saturated heterocycles. The molecule has 0 saturated carbocycles. The van der Waals surface area contributed by atoms with Gasteiger partial charge in [0.05, 0.1) is 0 Å². The molecule has 0 aliphatic heterocycles. The van der Waals surface area contributed by atoms with E-state index in [9.17, 15) is 4.79 Å². The molecule has 0 bridgehead atoms. The Bertz CT molecular complexity index is 409. The van der Waals surface area contributed by atoms with E-state index < -0.39 is 0 Å². The monoisotopic (exact) mass is 327 g/mol. The predicted molar refractivity (Wildman–Crippen MR) is 81.3 cm³/mol. The molecule has 4 nitrogen and oxygen atoms in total. The van der Waals surface area contributed by atoms with Gasteiger partial charge in [-0.25, -0.2) is 4.98 Å². The number of rotatable bonds is 7. The summed E-state index contributed by atoms with van der Waals surface area (Å²) in [6, 6.07) is 4.01. The number of halogens is 1. The van der Waals surface area contributed by atoms with Gasteiger partial charge in [-0.3, -0.25) is 4.79 Å². The number of pyridine rings is 1. The number of amides is 1. The SMILES string of the molecule is CC(C)N(C)CCCCNC(=O)c1ccnc(Br)c1. The number of carbonyl (C=O) groups is 1. The minimum atomic E-state index is -0.0414. The maximum absolute atomic E-state index is 11.8. The van der Waals surface area contributed by atoms with Gasteiger partial charge in [-0.05, 0) is 68.3 Å². The summed E-state index contributed by atoms with van der Waals surface area (Å²) in [7, 11) is 2.12. The topological polar surface area (TPSA) is 45.2 Å². The molecule has 1 heterocycles. The third kappa shape index (κ3) is 6.16. The van der Waals surface area contributed by atoms with Crippen molar-refractivity contribution in [3.63, 3.8) is 0 Å². The molecule has 0 aliphatic carbocycles. The van der Waals surface area contributed by atoms with Crippen LogP contribution in [0.25, 0.3) is 0 Å². The number of hydrogen-bond donors (Lipinski definition) is 1. The fraction of sp³-hybridized carbons (Fsp3) is 0.571. The fourth-order valence-corrected chi connectivity index (χ4v) is 1.96. The molecule has 5 heteroatoms. The lowest BCUT2D eigenvalue weighted by atomic mass is 10.2. The van der Waals surface area contributed by atoms with E-state index >= 15 is 0 Å². The van der Waals surface area contributed by atoms with Gasteiger partial charge in [-0.1, -0.05) is 0 Å². The van der Waals surface area contributed by atoms with Crippen molar-refractivity contribution < 1.29 is 4.79 Å². The van der Waals surface area contributed by atoms with Crippen molar-refractivity contribution in [1.82, 2.24) is 15.2 Å². The molecule has 0 aliphatic rings. The van der Waals surface area contributed by atoms with Crippen molar-refractivity contribution in [2.45, 2.75) is 32.7 Å². The number of carbonyl (C=O) groups excluding carboxylic acids is 1. The first-order valence-corrected chi connectivity index (χ1v) is 7.40. The number of nitrogens with zero attached hydrogens (tertiary/aromatic N) is 2. The smallest absolute Gasteiger partial charge is 0.251 e. The zero-order valence-electron chi connectivity index (χ0n) is 11.8. The Labute approximate surface area is 123 Å². The predicted octanol–water partition coefficient (Wildman–Crippen LogP) is 2.69. The minimum Gasteiger partial charge on any atom is -0.352 e. The lowest BCUT2D eigenvalue weighted by molar-refractivity contribution is 0.0952. The van der Waals surface area contributed by atoms with E-state index in [1.807, 2.05) is 0 Å². The summed E-state index contributed by atoms with van der Waals surface area (Å²) in [5.74, 6) is -0.0414. The summed E-state index contributed by atoms with van der Waals surface area (Å²) in [6.45, 7) is 6.14. The van der Waals surface area contributed by atoms with E-state index in [-0.39, 0.29) is 5.91 Å². The molecular formula is C14H22BrN3O. The number of nitrogens with one attached hydrogen (secondary N) is 1. The van der Waals surface area contributed by atoms with Crippen LogP contribution in [0.1, 0.15) is 37.0 Å². The van der Waals surface area contributed by atoms with Crippen molar-refractivity contribution in [3.8, 4) is 0 Å². The normalized spacial score (nSPS) is 11.1. The Morgan fingerprint density at radius 3 is 2.84 bits per heavy atom. The van der Waals surface area contributed by atoms with Crippen molar-refractivity contribution >= 4 is 21.8 Å². The summed E-state index contributed by atoms with van der Waals surface area (Å²) < 4.78 is 0.679. The van der Waals surface area contributed by atoms with Crippen LogP contribution in [-0.4, -0.2) is 42.0 Å². The summed E-state index contributed by atoms with van der Waals surface area (Å²) in [4.78, 5) is 18.1. The van der Waals surface area contributed by atoms with Gasteiger partial charge < -0.3 is 10.2 Å². The summed E-state index contributed by atoms with van der Waals surface area (Å²) >= 11 is 3.26. The maximum Gasteiger partial charge on any atom is 0.251 e. The quantitative estimate of drug-likeness (QED) is 0.618. The van der Waals surface area contributed by atoms with Crippen LogP contribution in [0, 0.1) is 0 Å².